The smallest absolute Gasteiger partial charge is 0.115 e. The number of hydrogen-bond acceptors (Lipinski definition) is 4. The second-order valence-electron chi connectivity index (χ2n) is 3.30. The fraction of sp³-hybridized carbons (Fsp3) is 0.556. The Morgan fingerprint density at radius 2 is 2.31 bits per heavy atom. The topological polar surface area (TPSA) is 49.8 Å². The molecule has 0 amide bonds. The van der Waals surface area contributed by atoms with Gasteiger partial charge in [-0.3, -0.25) is 0 Å². The third-order valence-electron chi connectivity index (χ3n) is 2.28. The third-order valence-corrected chi connectivity index (χ3v) is 2.28. The molecule has 1 atom stereocenters. The molecule has 0 aromatic carbocycles. The molecule has 4 nitrogen and oxygen atoms in total. The molecule has 1 aromatic rings. The van der Waals surface area contributed by atoms with Crippen molar-refractivity contribution in [3.8, 4) is 0 Å². The van der Waals surface area contributed by atoms with E-state index in [0.717, 1.165) is 18.8 Å². The summed E-state index contributed by atoms with van der Waals surface area (Å²) in [6.45, 7) is 2.12. The van der Waals surface area contributed by atoms with Crippen molar-refractivity contribution < 1.29 is 0 Å². The van der Waals surface area contributed by atoms with Gasteiger partial charge in [0.15, 0.2) is 0 Å². The van der Waals surface area contributed by atoms with Gasteiger partial charge in [0.05, 0.1) is 18.1 Å². The zero-order valence-corrected chi connectivity index (χ0v) is 7.53. The molecule has 2 N–H and O–H groups in total. The van der Waals surface area contributed by atoms with Gasteiger partial charge in [-0.2, -0.15) is 0 Å². The second kappa shape index (κ2) is 4.18. The predicted molar refractivity (Wildman–Crippen MR) is 51.5 cm³/mol. The van der Waals surface area contributed by atoms with Crippen LogP contribution in [0.5, 0.6) is 0 Å². The Bertz CT molecular complexity index is 243. The van der Waals surface area contributed by atoms with E-state index >= 15 is 0 Å². The van der Waals surface area contributed by atoms with Gasteiger partial charge in [-0.1, -0.05) is 0 Å². The molecule has 0 radical (unpaired) electrons. The molecule has 1 saturated heterocycles. The Labute approximate surface area is 77.8 Å². The first-order valence-corrected chi connectivity index (χ1v) is 4.67. The zero-order chi connectivity index (χ0) is 8.93. The minimum atomic E-state index is 0.611. The van der Waals surface area contributed by atoms with Crippen LogP contribution in [0, 0.1) is 0 Å². The van der Waals surface area contributed by atoms with E-state index in [-0.39, 0.29) is 0 Å². The normalized spacial score (nSPS) is 21.7. The van der Waals surface area contributed by atoms with E-state index in [1.807, 2.05) is 0 Å². The van der Waals surface area contributed by atoms with Crippen LogP contribution in [0.3, 0.4) is 0 Å². The van der Waals surface area contributed by atoms with Gasteiger partial charge in [0.2, 0.25) is 0 Å². The van der Waals surface area contributed by atoms with Crippen molar-refractivity contribution in [2.75, 3.05) is 18.4 Å². The molecule has 0 saturated carbocycles. The highest BCUT2D eigenvalue weighted by Crippen LogP contribution is 2.06. The van der Waals surface area contributed by atoms with Crippen LogP contribution >= 0.6 is 0 Å². The minimum absolute atomic E-state index is 0.611. The maximum absolute atomic E-state index is 3.94. The van der Waals surface area contributed by atoms with Crippen LogP contribution in [-0.4, -0.2) is 29.1 Å². The fourth-order valence-electron chi connectivity index (χ4n) is 1.56. The van der Waals surface area contributed by atoms with Gasteiger partial charge in [-0.15, -0.1) is 0 Å². The Hall–Kier alpha value is -1.16. The van der Waals surface area contributed by atoms with Crippen LogP contribution in [0.1, 0.15) is 12.8 Å². The number of nitrogens with zero attached hydrogens (tertiary/aromatic N) is 2. The molecule has 2 rings (SSSR count). The van der Waals surface area contributed by atoms with Gasteiger partial charge in [0, 0.05) is 12.6 Å². The molecule has 0 bridgehead atoms. The molecule has 1 fully saturated rings. The lowest BCUT2D eigenvalue weighted by molar-refractivity contribution is 0.633. The third kappa shape index (κ3) is 2.39. The lowest BCUT2D eigenvalue weighted by atomic mass is 10.2. The average Bonchev–Trinajstić information content (AvgIpc) is 2.69. The van der Waals surface area contributed by atoms with Gasteiger partial charge < -0.3 is 10.6 Å². The van der Waals surface area contributed by atoms with E-state index < -0.39 is 0 Å². The van der Waals surface area contributed by atoms with Crippen LogP contribution in [-0.2, 0) is 0 Å². The summed E-state index contributed by atoms with van der Waals surface area (Å²) >= 11 is 0. The predicted octanol–water partition coefficient (Wildman–Crippen LogP) is 0.640. The van der Waals surface area contributed by atoms with Crippen LogP contribution in [0.2, 0.25) is 0 Å². The maximum atomic E-state index is 3.94. The molecule has 1 aromatic heterocycles. The second-order valence-corrected chi connectivity index (χ2v) is 3.30. The van der Waals surface area contributed by atoms with Crippen molar-refractivity contribution in [3.05, 3.63) is 18.7 Å². The van der Waals surface area contributed by atoms with E-state index in [1.54, 1.807) is 18.7 Å². The van der Waals surface area contributed by atoms with Gasteiger partial charge in [-0.05, 0) is 19.4 Å². The largest absolute Gasteiger partial charge is 0.381 e. The molecule has 0 spiro atoms. The zero-order valence-electron chi connectivity index (χ0n) is 7.53. The highest BCUT2D eigenvalue weighted by atomic mass is 15.0. The Morgan fingerprint density at radius 1 is 1.46 bits per heavy atom. The van der Waals surface area contributed by atoms with E-state index in [0.29, 0.717) is 6.04 Å². The maximum Gasteiger partial charge on any atom is 0.115 e. The first kappa shape index (κ1) is 8.44. The minimum Gasteiger partial charge on any atom is -0.381 e. The first-order valence-electron chi connectivity index (χ1n) is 4.67. The summed E-state index contributed by atoms with van der Waals surface area (Å²) in [5.74, 6) is 0. The molecule has 1 unspecified atom stereocenters. The molecule has 4 heteroatoms. The van der Waals surface area contributed by atoms with E-state index in [2.05, 4.69) is 20.6 Å². The summed E-state index contributed by atoms with van der Waals surface area (Å²) in [6.07, 6.45) is 7.68. The lowest BCUT2D eigenvalue weighted by Crippen LogP contribution is -2.29. The summed E-state index contributed by atoms with van der Waals surface area (Å²) in [5, 5.41) is 6.72. The number of anilines is 1. The van der Waals surface area contributed by atoms with Crippen molar-refractivity contribution in [1.29, 1.82) is 0 Å². The summed E-state index contributed by atoms with van der Waals surface area (Å²) in [4.78, 5) is 7.87. The van der Waals surface area contributed by atoms with Crippen molar-refractivity contribution in [2.45, 2.75) is 18.9 Å². The molecule has 13 heavy (non-hydrogen) atoms. The summed E-state index contributed by atoms with van der Waals surface area (Å²) in [5.41, 5.74) is 0.996. The van der Waals surface area contributed by atoms with Crippen LogP contribution < -0.4 is 10.6 Å². The summed E-state index contributed by atoms with van der Waals surface area (Å²) in [7, 11) is 0. The van der Waals surface area contributed by atoms with Gasteiger partial charge >= 0.3 is 0 Å². The number of nitrogens with one attached hydrogen (secondary N) is 2. The Morgan fingerprint density at radius 3 is 3.00 bits per heavy atom. The summed E-state index contributed by atoms with van der Waals surface area (Å²) < 4.78 is 0. The molecular formula is C9H14N4. The van der Waals surface area contributed by atoms with E-state index in [1.165, 1.54) is 12.8 Å². The number of rotatable bonds is 3. The lowest BCUT2D eigenvalue weighted by Gasteiger charge is -2.11. The summed E-state index contributed by atoms with van der Waals surface area (Å²) in [6, 6.07) is 0.611. The van der Waals surface area contributed by atoms with Crippen molar-refractivity contribution in [2.24, 2.45) is 0 Å². The van der Waals surface area contributed by atoms with Crippen molar-refractivity contribution >= 4 is 5.69 Å². The quantitative estimate of drug-likeness (QED) is 0.713. The highest BCUT2D eigenvalue weighted by molar-refractivity contribution is 5.37. The van der Waals surface area contributed by atoms with Gasteiger partial charge in [0.1, 0.15) is 6.33 Å². The molecular weight excluding hydrogens is 164 g/mol. The van der Waals surface area contributed by atoms with E-state index in [4.69, 9.17) is 0 Å². The van der Waals surface area contributed by atoms with Crippen molar-refractivity contribution in [1.82, 2.24) is 15.3 Å². The Kier molecular flexibility index (Phi) is 2.72. The van der Waals surface area contributed by atoms with Crippen molar-refractivity contribution in [3.63, 3.8) is 0 Å². The highest BCUT2D eigenvalue weighted by Gasteiger charge is 2.12. The number of aromatic nitrogens is 2. The van der Waals surface area contributed by atoms with Crippen LogP contribution in [0.4, 0.5) is 5.69 Å². The van der Waals surface area contributed by atoms with E-state index in [9.17, 15) is 0 Å². The van der Waals surface area contributed by atoms with Gasteiger partial charge in [0.25, 0.3) is 0 Å². The molecule has 1 aliphatic rings. The SMILES string of the molecule is c1ncc(NCC2CCCN2)cn1. The Balaban J connectivity index is 1.79. The molecule has 70 valence electrons. The monoisotopic (exact) mass is 178 g/mol. The average molecular weight is 178 g/mol. The number of hydrogen-bond donors (Lipinski definition) is 2. The van der Waals surface area contributed by atoms with Crippen LogP contribution in [0.15, 0.2) is 18.7 Å². The first-order chi connectivity index (χ1) is 6.45. The van der Waals surface area contributed by atoms with Gasteiger partial charge in [-0.25, -0.2) is 9.97 Å². The van der Waals surface area contributed by atoms with Crippen LogP contribution in [0.25, 0.3) is 0 Å². The standard InChI is InChI=1S/C9H14N4/c1-2-8(12-3-1)6-13-9-4-10-7-11-5-9/h4-5,7-8,12-13H,1-3,6H2. The molecule has 1 aliphatic heterocycles. The molecule has 0 aliphatic carbocycles. The molecule has 2 heterocycles. The fourth-order valence-corrected chi connectivity index (χ4v) is 1.56.